The fraction of sp³-hybridized carbons (Fsp3) is 0.467. The van der Waals surface area contributed by atoms with E-state index >= 15 is 0 Å². The van der Waals surface area contributed by atoms with E-state index in [2.05, 4.69) is 54.5 Å². The van der Waals surface area contributed by atoms with Crippen molar-refractivity contribution in [1.82, 2.24) is 10.2 Å². The molecule has 19 heavy (non-hydrogen) atoms. The number of hydrogen-bond acceptors (Lipinski definition) is 4. The molecule has 4 heteroatoms. The molecule has 0 saturated carbocycles. The highest BCUT2D eigenvalue weighted by atomic mass is 16.4. The molecule has 0 saturated heterocycles. The Bertz CT molecular complexity index is 546. The van der Waals surface area contributed by atoms with E-state index in [1.807, 2.05) is 0 Å². The zero-order valence-electron chi connectivity index (χ0n) is 12.0. The number of aryl methyl sites for hydroxylation is 2. The molecular weight excluding hydrogens is 238 g/mol. The third-order valence-electron chi connectivity index (χ3n) is 3.17. The number of nitrogens with one attached hydrogen (secondary N) is 1. The van der Waals surface area contributed by atoms with Crippen LogP contribution in [0.15, 0.2) is 22.6 Å². The van der Waals surface area contributed by atoms with E-state index in [9.17, 15) is 0 Å². The monoisotopic (exact) mass is 259 g/mol. The van der Waals surface area contributed by atoms with Gasteiger partial charge in [0.25, 0.3) is 0 Å². The molecule has 4 nitrogen and oxygen atoms in total. The van der Waals surface area contributed by atoms with Crippen LogP contribution in [0.25, 0.3) is 0 Å². The van der Waals surface area contributed by atoms with Gasteiger partial charge in [0.15, 0.2) is 0 Å². The van der Waals surface area contributed by atoms with Gasteiger partial charge in [-0.3, -0.25) is 0 Å². The number of benzene rings is 1. The van der Waals surface area contributed by atoms with Crippen LogP contribution in [0.2, 0.25) is 0 Å². The van der Waals surface area contributed by atoms with E-state index in [0.717, 1.165) is 6.42 Å². The van der Waals surface area contributed by atoms with Crippen LogP contribution in [0.3, 0.4) is 0 Å². The van der Waals surface area contributed by atoms with Crippen LogP contribution in [0.4, 0.5) is 5.69 Å². The molecule has 0 bridgehead atoms. The van der Waals surface area contributed by atoms with Crippen molar-refractivity contribution in [3.05, 3.63) is 41.1 Å². The van der Waals surface area contributed by atoms with Crippen LogP contribution >= 0.6 is 0 Å². The topological polar surface area (TPSA) is 51.0 Å². The van der Waals surface area contributed by atoms with Crippen LogP contribution in [0.5, 0.6) is 0 Å². The summed E-state index contributed by atoms with van der Waals surface area (Å²) in [6, 6.07) is 6.45. The van der Waals surface area contributed by atoms with Gasteiger partial charge < -0.3 is 9.73 Å². The zero-order chi connectivity index (χ0) is 13.8. The van der Waals surface area contributed by atoms with E-state index in [0.29, 0.717) is 24.2 Å². The van der Waals surface area contributed by atoms with Gasteiger partial charge >= 0.3 is 0 Å². The lowest BCUT2D eigenvalue weighted by molar-refractivity contribution is 0.474. The lowest BCUT2D eigenvalue weighted by Crippen LogP contribution is -2.06. The summed E-state index contributed by atoms with van der Waals surface area (Å²) in [7, 11) is 0. The fourth-order valence-corrected chi connectivity index (χ4v) is 2.18. The van der Waals surface area contributed by atoms with Gasteiger partial charge in [-0.2, -0.15) is 0 Å². The number of anilines is 1. The maximum Gasteiger partial charge on any atom is 0.235 e. The standard InChI is InChI=1S/C15H21N3O/c1-5-12-7-6-8-13(10(2)3)15(12)16-9-14-18-17-11(4)19-14/h6-8,10,16H,5,9H2,1-4H3. The first-order valence-electron chi connectivity index (χ1n) is 6.76. The predicted molar refractivity (Wildman–Crippen MR) is 76.3 cm³/mol. The van der Waals surface area contributed by atoms with E-state index in [1.165, 1.54) is 16.8 Å². The molecule has 0 aliphatic rings. The van der Waals surface area contributed by atoms with E-state index < -0.39 is 0 Å². The molecule has 1 aromatic heterocycles. The maximum atomic E-state index is 5.39. The van der Waals surface area contributed by atoms with E-state index in [4.69, 9.17) is 4.42 Å². The van der Waals surface area contributed by atoms with Gasteiger partial charge in [-0.15, -0.1) is 10.2 Å². The van der Waals surface area contributed by atoms with Crippen molar-refractivity contribution >= 4 is 5.69 Å². The number of nitrogens with zero attached hydrogens (tertiary/aromatic N) is 2. The highest BCUT2D eigenvalue weighted by molar-refractivity contribution is 5.58. The van der Waals surface area contributed by atoms with Gasteiger partial charge in [-0.25, -0.2) is 0 Å². The molecule has 0 radical (unpaired) electrons. The fourth-order valence-electron chi connectivity index (χ4n) is 2.18. The third-order valence-corrected chi connectivity index (χ3v) is 3.17. The molecule has 102 valence electrons. The van der Waals surface area contributed by atoms with Gasteiger partial charge in [-0.05, 0) is 23.5 Å². The first-order chi connectivity index (χ1) is 9.11. The second kappa shape index (κ2) is 5.87. The summed E-state index contributed by atoms with van der Waals surface area (Å²) in [4.78, 5) is 0. The van der Waals surface area contributed by atoms with Gasteiger partial charge in [0, 0.05) is 12.6 Å². The Balaban J connectivity index is 2.22. The first kappa shape index (κ1) is 13.6. The molecule has 0 fully saturated rings. The number of hydrogen-bond donors (Lipinski definition) is 1. The molecular formula is C15H21N3O. The van der Waals surface area contributed by atoms with Crippen molar-refractivity contribution in [3.8, 4) is 0 Å². The van der Waals surface area contributed by atoms with Crippen molar-refractivity contribution < 1.29 is 4.42 Å². The SMILES string of the molecule is CCc1cccc(C(C)C)c1NCc1nnc(C)o1. The van der Waals surface area contributed by atoms with E-state index in [1.54, 1.807) is 6.92 Å². The molecule has 1 N–H and O–H groups in total. The van der Waals surface area contributed by atoms with Crippen LogP contribution in [0, 0.1) is 6.92 Å². The highest BCUT2D eigenvalue weighted by Gasteiger charge is 2.11. The molecule has 0 atom stereocenters. The Labute approximate surface area is 114 Å². The lowest BCUT2D eigenvalue weighted by Gasteiger charge is -2.17. The summed E-state index contributed by atoms with van der Waals surface area (Å²) in [5.41, 5.74) is 3.86. The predicted octanol–water partition coefficient (Wildman–Crippen LogP) is 3.68. The van der Waals surface area contributed by atoms with Crippen LogP contribution in [0.1, 0.15) is 49.6 Å². The second-order valence-corrected chi connectivity index (χ2v) is 4.96. The average Bonchev–Trinajstić information content (AvgIpc) is 2.81. The zero-order valence-corrected chi connectivity index (χ0v) is 12.0. The van der Waals surface area contributed by atoms with Gasteiger partial charge in [-0.1, -0.05) is 39.0 Å². The number of aromatic nitrogens is 2. The molecule has 1 aromatic carbocycles. The van der Waals surface area contributed by atoms with Crippen molar-refractivity contribution in [2.75, 3.05) is 5.32 Å². The highest BCUT2D eigenvalue weighted by Crippen LogP contribution is 2.28. The van der Waals surface area contributed by atoms with Gasteiger partial charge in [0.05, 0.1) is 6.54 Å². The largest absolute Gasteiger partial charge is 0.424 e. The summed E-state index contributed by atoms with van der Waals surface area (Å²) in [5.74, 6) is 1.71. The van der Waals surface area contributed by atoms with E-state index in [-0.39, 0.29) is 0 Å². The summed E-state index contributed by atoms with van der Waals surface area (Å²) in [5, 5.41) is 11.3. The van der Waals surface area contributed by atoms with Gasteiger partial charge in [0.2, 0.25) is 11.8 Å². The smallest absolute Gasteiger partial charge is 0.235 e. The lowest BCUT2D eigenvalue weighted by atomic mass is 9.96. The Morgan fingerprint density at radius 2 is 2.05 bits per heavy atom. The van der Waals surface area contributed by atoms with Crippen molar-refractivity contribution in [2.24, 2.45) is 0 Å². The minimum atomic E-state index is 0.485. The normalized spacial score (nSPS) is 11.0. The van der Waals surface area contributed by atoms with Crippen molar-refractivity contribution in [1.29, 1.82) is 0 Å². The average molecular weight is 259 g/mol. The van der Waals surface area contributed by atoms with Crippen LogP contribution in [-0.4, -0.2) is 10.2 Å². The Morgan fingerprint density at radius 3 is 2.63 bits per heavy atom. The Hall–Kier alpha value is -1.84. The third kappa shape index (κ3) is 3.13. The minimum absolute atomic E-state index is 0.485. The van der Waals surface area contributed by atoms with Crippen LogP contribution in [-0.2, 0) is 13.0 Å². The maximum absolute atomic E-state index is 5.39. The number of rotatable bonds is 5. The summed E-state index contributed by atoms with van der Waals surface area (Å²) in [6.45, 7) is 8.95. The summed E-state index contributed by atoms with van der Waals surface area (Å²) in [6.07, 6.45) is 1.01. The summed E-state index contributed by atoms with van der Waals surface area (Å²) >= 11 is 0. The Kier molecular flexibility index (Phi) is 4.20. The second-order valence-electron chi connectivity index (χ2n) is 4.96. The molecule has 0 aliphatic heterocycles. The molecule has 0 unspecified atom stereocenters. The minimum Gasteiger partial charge on any atom is -0.424 e. The molecule has 2 aromatic rings. The molecule has 0 spiro atoms. The first-order valence-corrected chi connectivity index (χ1v) is 6.76. The number of para-hydroxylation sites is 1. The summed E-state index contributed by atoms with van der Waals surface area (Å²) < 4.78 is 5.39. The van der Waals surface area contributed by atoms with Crippen molar-refractivity contribution in [2.45, 2.75) is 46.6 Å². The molecule has 1 heterocycles. The Morgan fingerprint density at radius 1 is 1.26 bits per heavy atom. The molecule has 0 aliphatic carbocycles. The van der Waals surface area contributed by atoms with Crippen molar-refractivity contribution in [3.63, 3.8) is 0 Å². The van der Waals surface area contributed by atoms with Crippen LogP contribution < -0.4 is 5.32 Å². The quantitative estimate of drug-likeness (QED) is 0.890. The molecule has 0 amide bonds. The molecule has 2 rings (SSSR count). The van der Waals surface area contributed by atoms with Gasteiger partial charge in [0.1, 0.15) is 0 Å².